The number of hydrogen-bond donors (Lipinski definition) is 1. The Bertz CT molecular complexity index is 944. The third-order valence-corrected chi connectivity index (χ3v) is 6.28. The minimum atomic E-state index is 0.241. The Balaban J connectivity index is 1.48. The topological polar surface area (TPSA) is 47.7 Å². The first-order valence-corrected chi connectivity index (χ1v) is 10.9. The smallest absolute Gasteiger partial charge is 0.0967 e. The molecule has 5 heteroatoms. The summed E-state index contributed by atoms with van der Waals surface area (Å²) in [5, 5.41) is 12.9. The van der Waals surface area contributed by atoms with Crippen molar-refractivity contribution in [2.24, 2.45) is 14.1 Å². The van der Waals surface area contributed by atoms with Crippen molar-refractivity contribution in [1.29, 1.82) is 0 Å². The van der Waals surface area contributed by atoms with E-state index in [4.69, 9.17) is 5.10 Å². The molecule has 1 fully saturated rings. The molecule has 3 aromatic rings. The monoisotopic (exact) mass is 391 g/mol. The van der Waals surface area contributed by atoms with Gasteiger partial charge in [0.2, 0.25) is 0 Å². The van der Waals surface area contributed by atoms with Gasteiger partial charge in [0.25, 0.3) is 0 Å². The average Bonchev–Trinajstić information content (AvgIpc) is 3.28. The van der Waals surface area contributed by atoms with E-state index < -0.39 is 0 Å². The molecule has 4 rings (SSSR count). The third kappa shape index (κ3) is 4.45. The lowest BCUT2D eigenvalue weighted by Gasteiger charge is -2.22. The van der Waals surface area contributed by atoms with Crippen molar-refractivity contribution in [1.82, 2.24) is 24.9 Å². The number of nitrogens with one attached hydrogen (secondary N) is 1. The van der Waals surface area contributed by atoms with Crippen molar-refractivity contribution in [2.75, 3.05) is 0 Å². The van der Waals surface area contributed by atoms with Gasteiger partial charge in [-0.3, -0.25) is 9.36 Å². The molecule has 0 saturated heterocycles. The Morgan fingerprint density at radius 1 is 1.00 bits per heavy atom. The van der Waals surface area contributed by atoms with Crippen molar-refractivity contribution in [3.05, 3.63) is 59.0 Å². The highest BCUT2D eigenvalue weighted by molar-refractivity contribution is 5.63. The maximum atomic E-state index is 4.76. The first-order chi connectivity index (χ1) is 14.0. The van der Waals surface area contributed by atoms with Gasteiger partial charge in [-0.25, -0.2) is 0 Å². The molecule has 1 atom stereocenters. The zero-order chi connectivity index (χ0) is 20.4. The Hall–Kier alpha value is -2.40. The Morgan fingerprint density at radius 2 is 1.69 bits per heavy atom. The van der Waals surface area contributed by atoms with Gasteiger partial charge in [-0.15, -0.1) is 0 Å². The van der Waals surface area contributed by atoms with E-state index in [1.54, 1.807) is 0 Å². The van der Waals surface area contributed by atoms with Crippen LogP contribution >= 0.6 is 0 Å². The Morgan fingerprint density at radius 3 is 2.34 bits per heavy atom. The highest BCUT2D eigenvalue weighted by atomic mass is 15.3. The quantitative estimate of drug-likeness (QED) is 0.641. The maximum Gasteiger partial charge on any atom is 0.0967 e. The lowest BCUT2D eigenvalue weighted by atomic mass is 9.84. The number of rotatable bonds is 6. The van der Waals surface area contributed by atoms with Gasteiger partial charge in [-0.1, -0.05) is 43.5 Å². The molecule has 1 unspecified atom stereocenters. The predicted molar refractivity (Wildman–Crippen MR) is 118 cm³/mol. The summed E-state index contributed by atoms with van der Waals surface area (Å²) in [6, 6.07) is 9.39. The molecular formula is C24H33N5. The number of hydrogen-bond acceptors (Lipinski definition) is 3. The van der Waals surface area contributed by atoms with Crippen LogP contribution in [0.3, 0.4) is 0 Å². The van der Waals surface area contributed by atoms with Crippen LogP contribution in [0.5, 0.6) is 0 Å². The fraction of sp³-hybridized carbons (Fsp3) is 0.500. The molecule has 2 heterocycles. The summed E-state index contributed by atoms with van der Waals surface area (Å²) in [6.45, 7) is 5.04. The molecule has 1 aliphatic carbocycles. The minimum absolute atomic E-state index is 0.241. The van der Waals surface area contributed by atoms with Crippen LogP contribution in [-0.4, -0.2) is 19.6 Å². The van der Waals surface area contributed by atoms with Gasteiger partial charge in [0.05, 0.1) is 11.4 Å². The molecule has 154 valence electrons. The van der Waals surface area contributed by atoms with Crippen molar-refractivity contribution >= 4 is 0 Å². The van der Waals surface area contributed by atoms with Gasteiger partial charge < -0.3 is 5.32 Å². The van der Waals surface area contributed by atoms with Gasteiger partial charge in [0.1, 0.15) is 0 Å². The molecule has 5 nitrogen and oxygen atoms in total. The fourth-order valence-electron chi connectivity index (χ4n) is 4.68. The first-order valence-electron chi connectivity index (χ1n) is 10.9. The summed E-state index contributed by atoms with van der Waals surface area (Å²) in [5.74, 6) is 0.742. The van der Waals surface area contributed by atoms with E-state index in [2.05, 4.69) is 60.9 Å². The third-order valence-electron chi connectivity index (χ3n) is 6.28. The van der Waals surface area contributed by atoms with E-state index in [1.165, 1.54) is 54.4 Å². The molecule has 0 aliphatic heterocycles. The summed E-state index contributed by atoms with van der Waals surface area (Å²) in [4.78, 5) is 0. The van der Waals surface area contributed by atoms with Gasteiger partial charge in [0, 0.05) is 55.8 Å². The minimum Gasteiger partial charge on any atom is -0.306 e. The Labute approximate surface area is 174 Å². The number of aryl methyl sites for hydroxylation is 3. The lowest BCUT2D eigenvalue weighted by Crippen LogP contribution is -2.18. The molecule has 29 heavy (non-hydrogen) atoms. The van der Waals surface area contributed by atoms with E-state index >= 15 is 0 Å². The van der Waals surface area contributed by atoms with Crippen molar-refractivity contribution in [3.63, 3.8) is 0 Å². The van der Waals surface area contributed by atoms with E-state index in [0.717, 1.165) is 23.9 Å². The van der Waals surface area contributed by atoms with E-state index in [1.807, 2.05) is 23.5 Å². The molecule has 0 amide bonds. The second-order valence-corrected chi connectivity index (χ2v) is 8.58. The zero-order valence-corrected chi connectivity index (χ0v) is 18.2. The van der Waals surface area contributed by atoms with Gasteiger partial charge in [-0.05, 0) is 38.2 Å². The summed E-state index contributed by atoms with van der Waals surface area (Å²) in [5.41, 5.74) is 7.32. The van der Waals surface area contributed by atoms with Crippen molar-refractivity contribution in [2.45, 2.75) is 64.5 Å². The van der Waals surface area contributed by atoms with E-state index in [9.17, 15) is 0 Å². The predicted octanol–water partition coefficient (Wildman–Crippen LogP) is 5.03. The summed E-state index contributed by atoms with van der Waals surface area (Å²) >= 11 is 0. The molecule has 0 spiro atoms. The van der Waals surface area contributed by atoms with Crippen LogP contribution in [0.4, 0.5) is 0 Å². The number of nitrogens with zero attached hydrogens (tertiary/aromatic N) is 4. The van der Waals surface area contributed by atoms with Gasteiger partial charge >= 0.3 is 0 Å². The van der Waals surface area contributed by atoms with Crippen LogP contribution in [0.25, 0.3) is 11.3 Å². The highest BCUT2D eigenvalue weighted by Crippen LogP contribution is 2.33. The van der Waals surface area contributed by atoms with Crippen LogP contribution in [0, 0.1) is 6.92 Å². The standard InChI is InChI=1S/C24H33N5/c1-17(23-16-29(4)26-18(23)2)25-14-22-15-28(3)27-24(22)21-12-10-20(11-13-21)19-8-6-5-7-9-19/h10-13,15-17,19,25H,5-9,14H2,1-4H3. The molecule has 1 N–H and O–H groups in total. The number of benzene rings is 1. The second kappa shape index (κ2) is 8.54. The summed E-state index contributed by atoms with van der Waals surface area (Å²) in [6.07, 6.45) is 11.0. The van der Waals surface area contributed by atoms with Gasteiger partial charge in [-0.2, -0.15) is 10.2 Å². The zero-order valence-electron chi connectivity index (χ0n) is 18.2. The molecule has 0 bridgehead atoms. The first kappa shape index (κ1) is 19.9. The van der Waals surface area contributed by atoms with Crippen LogP contribution < -0.4 is 5.32 Å². The molecule has 1 aromatic carbocycles. The summed E-state index contributed by atoms with van der Waals surface area (Å²) in [7, 11) is 3.97. The van der Waals surface area contributed by atoms with Crippen molar-refractivity contribution in [3.8, 4) is 11.3 Å². The largest absolute Gasteiger partial charge is 0.306 e. The Kier molecular flexibility index (Phi) is 5.86. The highest BCUT2D eigenvalue weighted by Gasteiger charge is 2.17. The maximum absolute atomic E-state index is 4.76. The molecule has 0 radical (unpaired) electrons. The van der Waals surface area contributed by atoms with Crippen LogP contribution in [0.2, 0.25) is 0 Å². The fourth-order valence-corrected chi connectivity index (χ4v) is 4.68. The molecule has 1 aliphatic rings. The van der Waals surface area contributed by atoms with Crippen LogP contribution in [0.15, 0.2) is 36.7 Å². The molecule has 1 saturated carbocycles. The summed E-state index contributed by atoms with van der Waals surface area (Å²) < 4.78 is 3.80. The normalized spacial score (nSPS) is 16.3. The SMILES string of the molecule is Cc1nn(C)cc1C(C)NCc1cn(C)nc1-c1ccc(C2CCCCC2)cc1. The van der Waals surface area contributed by atoms with Crippen LogP contribution in [-0.2, 0) is 20.6 Å². The van der Waals surface area contributed by atoms with E-state index in [-0.39, 0.29) is 6.04 Å². The number of aromatic nitrogens is 4. The van der Waals surface area contributed by atoms with Crippen molar-refractivity contribution < 1.29 is 0 Å². The average molecular weight is 392 g/mol. The van der Waals surface area contributed by atoms with E-state index in [0.29, 0.717) is 0 Å². The molecule has 2 aromatic heterocycles. The van der Waals surface area contributed by atoms with Crippen LogP contribution in [0.1, 0.15) is 73.4 Å². The molecular weight excluding hydrogens is 358 g/mol. The second-order valence-electron chi connectivity index (χ2n) is 8.58. The van der Waals surface area contributed by atoms with Gasteiger partial charge in [0.15, 0.2) is 0 Å². The lowest BCUT2D eigenvalue weighted by molar-refractivity contribution is 0.443.